The van der Waals surface area contributed by atoms with Gasteiger partial charge in [-0.25, -0.2) is 9.97 Å². The molecule has 1 amide bonds. The molecule has 6 heteroatoms. The maximum absolute atomic E-state index is 12.5. The van der Waals surface area contributed by atoms with Crippen molar-refractivity contribution in [2.45, 2.75) is 18.9 Å². The number of ether oxygens (including phenoxy) is 1. The molecule has 1 N–H and O–H groups in total. The Morgan fingerprint density at radius 1 is 1.22 bits per heavy atom. The van der Waals surface area contributed by atoms with Crippen molar-refractivity contribution in [2.24, 2.45) is 5.92 Å². The van der Waals surface area contributed by atoms with Crippen molar-refractivity contribution in [2.75, 3.05) is 31.6 Å². The van der Waals surface area contributed by atoms with Crippen LogP contribution in [-0.4, -0.2) is 53.1 Å². The topological polar surface area (TPSA) is 67.3 Å². The molecule has 4 rings (SSSR count). The van der Waals surface area contributed by atoms with E-state index in [1.807, 2.05) is 0 Å². The number of carbonyl (C=O) groups is 1. The molecular weight excluding hydrogens is 340 g/mol. The van der Waals surface area contributed by atoms with Gasteiger partial charge in [0.2, 0.25) is 5.95 Å². The van der Waals surface area contributed by atoms with E-state index < -0.39 is 0 Å². The highest BCUT2D eigenvalue weighted by Gasteiger charge is 2.31. The third kappa shape index (κ3) is 3.93. The summed E-state index contributed by atoms with van der Waals surface area (Å²) in [5, 5.41) is 3.37. The summed E-state index contributed by atoms with van der Waals surface area (Å²) in [7, 11) is 0. The number of nitrogens with zero attached hydrogens (tertiary/aromatic N) is 3. The van der Waals surface area contributed by atoms with Crippen molar-refractivity contribution in [3.8, 4) is 12.3 Å². The molecule has 6 nitrogen and oxygen atoms in total. The summed E-state index contributed by atoms with van der Waals surface area (Å²) in [6.45, 7) is 2.28. The minimum absolute atomic E-state index is 0.0389. The van der Waals surface area contributed by atoms with E-state index in [2.05, 4.69) is 45.5 Å². The van der Waals surface area contributed by atoms with E-state index in [1.54, 1.807) is 17.3 Å². The molecule has 0 saturated carbocycles. The Bertz CT molecular complexity index is 828. The molecule has 27 heavy (non-hydrogen) atoms. The lowest BCUT2D eigenvalue weighted by Crippen LogP contribution is -2.51. The Balaban J connectivity index is 1.27. The molecule has 0 bridgehead atoms. The zero-order valence-corrected chi connectivity index (χ0v) is 15.1. The first-order valence-electron chi connectivity index (χ1n) is 9.19. The van der Waals surface area contributed by atoms with Crippen molar-refractivity contribution in [1.29, 1.82) is 0 Å². The molecule has 1 aliphatic carbocycles. The minimum Gasteiger partial charge on any atom is -0.368 e. The number of amides is 1. The molecule has 1 aromatic heterocycles. The van der Waals surface area contributed by atoms with Crippen LogP contribution in [-0.2, 0) is 17.6 Å². The van der Waals surface area contributed by atoms with Gasteiger partial charge in [-0.1, -0.05) is 30.2 Å². The lowest BCUT2D eigenvalue weighted by atomic mass is 10.0. The zero-order chi connectivity index (χ0) is 18.6. The van der Waals surface area contributed by atoms with Gasteiger partial charge in [-0.15, -0.1) is 6.42 Å². The summed E-state index contributed by atoms with van der Waals surface area (Å²) < 4.78 is 5.32. The van der Waals surface area contributed by atoms with E-state index in [1.165, 1.54) is 11.1 Å². The summed E-state index contributed by atoms with van der Waals surface area (Å²) in [4.78, 5) is 22.9. The molecule has 1 aromatic carbocycles. The number of terminal acetylenes is 1. The van der Waals surface area contributed by atoms with Gasteiger partial charge in [0.1, 0.15) is 6.61 Å². The quantitative estimate of drug-likeness (QED) is 0.627. The second-order valence-corrected chi connectivity index (χ2v) is 7.11. The standard InChI is InChI=1S/C21H22N4O2/c1-2-7-27-14-15-12-25(13-15)20(26)18-10-22-21(23-11-18)24-19-8-16-5-3-4-6-17(16)9-19/h1,3-6,10-11,15,19H,7-9,12-14H2,(H,22,23,24). The van der Waals surface area contributed by atoms with Gasteiger partial charge in [0, 0.05) is 37.4 Å². The first-order chi connectivity index (χ1) is 13.2. The summed E-state index contributed by atoms with van der Waals surface area (Å²) in [6.07, 6.45) is 10.3. The van der Waals surface area contributed by atoms with Gasteiger partial charge in [-0.3, -0.25) is 4.79 Å². The molecule has 2 aromatic rings. The number of rotatable bonds is 6. The number of hydrogen-bond acceptors (Lipinski definition) is 5. The van der Waals surface area contributed by atoms with Crippen LogP contribution in [0.3, 0.4) is 0 Å². The Kier molecular flexibility index (Phi) is 5.03. The second-order valence-electron chi connectivity index (χ2n) is 7.11. The van der Waals surface area contributed by atoms with Gasteiger partial charge in [0.15, 0.2) is 0 Å². The minimum atomic E-state index is -0.0389. The van der Waals surface area contributed by atoms with Gasteiger partial charge in [-0.2, -0.15) is 0 Å². The van der Waals surface area contributed by atoms with Crippen molar-refractivity contribution in [1.82, 2.24) is 14.9 Å². The maximum Gasteiger partial charge on any atom is 0.257 e. The van der Waals surface area contributed by atoms with Crippen LogP contribution in [0.4, 0.5) is 5.95 Å². The van der Waals surface area contributed by atoms with Crippen molar-refractivity contribution < 1.29 is 9.53 Å². The highest BCUT2D eigenvalue weighted by Crippen LogP contribution is 2.23. The normalized spacial score (nSPS) is 16.5. The number of likely N-dealkylation sites (tertiary alicyclic amines) is 1. The van der Waals surface area contributed by atoms with Crippen molar-refractivity contribution in [3.63, 3.8) is 0 Å². The molecule has 1 saturated heterocycles. The van der Waals surface area contributed by atoms with E-state index >= 15 is 0 Å². The van der Waals surface area contributed by atoms with E-state index in [9.17, 15) is 4.79 Å². The fourth-order valence-electron chi connectivity index (χ4n) is 3.66. The van der Waals surface area contributed by atoms with Crippen LogP contribution in [0.25, 0.3) is 0 Å². The summed E-state index contributed by atoms with van der Waals surface area (Å²) in [6, 6.07) is 8.76. The fraction of sp³-hybridized carbons (Fsp3) is 0.381. The number of aromatic nitrogens is 2. The molecule has 0 spiro atoms. The average Bonchev–Trinajstić information content (AvgIpc) is 3.06. The number of carbonyl (C=O) groups excluding carboxylic acids is 1. The molecule has 1 aliphatic heterocycles. The molecular formula is C21H22N4O2. The van der Waals surface area contributed by atoms with Crippen LogP contribution < -0.4 is 5.32 Å². The van der Waals surface area contributed by atoms with Gasteiger partial charge in [0.05, 0.1) is 12.2 Å². The third-order valence-electron chi connectivity index (χ3n) is 5.07. The number of fused-ring (bicyclic) bond motifs is 1. The van der Waals surface area contributed by atoms with Gasteiger partial charge in [0.25, 0.3) is 5.91 Å². The lowest BCUT2D eigenvalue weighted by Gasteiger charge is -2.38. The predicted octanol–water partition coefficient (Wildman–Crippen LogP) is 1.78. The number of anilines is 1. The van der Waals surface area contributed by atoms with Crippen LogP contribution in [0.1, 0.15) is 21.5 Å². The maximum atomic E-state index is 12.5. The van der Waals surface area contributed by atoms with Crippen LogP contribution in [0, 0.1) is 18.3 Å². The van der Waals surface area contributed by atoms with Crippen molar-refractivity contribution in [3.05, 3.63) is 53.3 Å². The summed E-state index contributed by atoms with van der Waals surface area (Å²) >= 11 is 0. The highest BCUT2D eigenvalue weighted by molar-refractivity contribution is 5.94. The lowest BCUT2D eigenvalue weighted by molar-refractivity contribution is 0.0217. The molecule has 138 valence electrons. The zero-order valence-electron chi connectivity index (χ0n) is 15.1. The molecule has 0 radical (unpaired) electrons. The Hall–Kier alpha value is -2.91. The largest absolute Gasteiger partial charge is 0.368 e. The van der Waals surface area contributed by atoms with E-state index in [4.69, 9.17) is 11.2 Å². The van der Waals surface area contributed by atoms with Gasteiger partial charge < -0.3 is 15.0 Å². The average molecular weight is 362 g/mol. The van der Waals surface area contributed by atoms with E-state index in [0.717, 1.165) is 12.8 Å². The molecule has 2 heterocycles. The molecule has 0 unspecified atom stereocenters. The third-order valence-corrected chi connectivity index (χ3v) is 5.07. The Morgan fingerprint density at radius 2 is 1.89 bits per heavy atom. The Morgan fingerprint density at radius 3 is 2.52 bits per heavy atom. The summed E-state index contributed by atoms with van der Waals surface area (Å²) in [5.41, 5.74) is 3.26. The summed E-state index contributed by atoms with van der Waals surface area (Å²) in [5.74, 6) is 3.32. The SMILES string of the molecule is C#CCOCC1CN(C(=O)c2cnc(NC3Cc4ccccc4C3)nc2)C1. The first-order valence-corrected chi connectivity index (χ1v) is 9.19. The van der Waals surface area contributed by atoms with Gasteiger partial charge >= 0.3 is 0 Å². The first kappa shape index (κ1) is 17.5. The molecule has 1 fully saturated rings. The van der Waals surface area contributed by atoms with Gasteiger partial charge in [-0.05, 0) is 24.0 Å². The highest BCUT2D eigenvalue weighted by atomic mass is 16.5. The van der Waals surface area contributed by atoms with Crippen LogP contribution in [0.15, 0.2) is 36.7 Å². The van der Waals surface area contributed by atoms with Crippen molar-refractivity contribution >= 4 is 11.9 Å². The fourth-order valence-corrected chi connectivity index (χ4v) is 3.66. The number of hydrogen-bond donors (Lipinski definition) is 1. The smallest absolute Gasteiger partial charge is 0.257 e. The number of benzene rings is 1. The van der Waals surface area contributed by atoms with Crippen LogP contribution in [0.5, 0.6) is 0 Å². The Labute approximate surface area is 159 Å². The monoisotopic (exact) mass is 362 g/mol. The van der Waals surface area contributed by atoms with E-state index in [-0.39, 0.29) is 5.91 Å². The number of nitrogens with one attached hydrogen (secondary N) is 1. The van der Waals surface area contributed by atoms with Crippen LogP contribution in [0.2, 0.25) is 0 Å². The van der Waals surface area contributed by atoms with E-state index in [0.29, 0.717) is 49.8 Å². The molecule has 0 atom stereocenters. The second kappa shape index (κ2) is 7.77. The van der Waals surface area contributed by atoms with Crippen LogP contribution >= 0.6 is 0 Å². The predicted molar refractivity (Wildman–Crippen MR) is 102 cm³/mol. The molecule has 2 aliphatic rings.